The molecule has 0 saturated carbocycles. The maximum Gasteiger partial charge on any atom is 0.303 e. The van der Waals surface area contributed by atoms with Crippen LogP contribution in [0.15, 0.2) is 29.2 Å². The molecular formula is C10H12FNO4S. The van der Waals surface area contributed by atoms with Gasteiger partial charge in [0, 0.05) is 12.5 Å². The lowest BCUT2D eigenvalue weighted by Crippen LogP contribution is -2.19. The Kier molecular flexibility index (Phi) is 4.19. The van der Waals surface area contributed by atoms with Crippen LogP contribution in [-0.2, 0) is 19.6 Å². The number of benzene rings is 1. The van der Waals surface area contributed by atoms with Gasteiger partial charge in [0.2, 0.25) is 10.0 Å². The van der Waals surface area contributed by atoms with Gasteiger partial charge in [0.05, 0.1) is 4.90 Å². The molecule has 0 spiro atoms. The number of rotatable bonds is 4. The van der Waals surface area contributed by atoms with Crippen LogP contribution in [0.5, 0.6) is 0 Å². The van der Waals surface area contributed by atoms with Crippen molar-refractivity contribution in [1.29, 1.82) is 0 Å². The molecule has 0 radical (unpaired) electrons. The highest BCUT2D eigenvalue weighted by Crippen LogP contribution is 2.24. The monoisotopic (exact) mass is 261 g/mol. The Morgan fingerprint density at radius 1 is 1.47 bits per heavy atom. The van der Waals surface area contributed by atoms with Gasteiger partial charge in [0.25, 0.3) is 0 Å². The summed E-state index contributed by atoms with van der Waals surface area (Å²) in [5.41, 5.74) is 0.0349. The van der Waals surface area contributed by atoms with E-state index in [-0.39, 0.29) is 10.5 Å². The highest BCUT2D eigenvalue weighted by molar-refractivity contribution is 7.89. The van der Waals surface area contributed by atoms with Crippen molar-refractivity contribution in [2.24, 2.45) is 5.14 Å². The third kappa shape index (κ3) is 3.50. The first-order valence-electron chi connectivity index (χ1n) is 4.71. The summed E-state index contributed by atoms with van der Waals surface area (Å²) >= 11 is 0. The molecule has 0 fully saturated rings. The fourth-order valence-electron chi connectivity index (χ4n) is 1.38. The van der Waals surface area contributed by atoms with Gasteiger partial charge < -0.3 is 4.74 Å². The number of carbonyl (C=O) groups is 1. The topological polar surface area (TPSA) is 86.5 Å². The number of nitrogens with two attached hydrogens (primary N) is 1. The van der Waals surface area contributed by atoms with E-state index in [1.54, 1.807) is 0 Å². The molecule has 0 heterocycles. The van der Waals surface area contributed by atoms with Crippen LogP contribution in [0.2, 0.25) is 0 Å². The minimum Gasteiger partial charge on any atom is -0.455 e. The molecule has 1 rings (SSSR count). The average Bonchev–Trinajstić information content (AvgIpc) is 2.24. The summed E-state index contributed by atoms with van der Waals surface area (Å²) in [4.78, 5) is 10.5. The van der Waals surface area contributed by atoms with E-state index in [9.17, 15) is 17.6 Å². The van der Waals surface area contributed by atoms with Crippen molar-refractivity contribution < 1.29 is 22.3 Å². The van der Waals surface area contributed by atoms with Gasteiger partial charge in [-0.05, 0) is 6.07 Å². The van der Waals surface area contributed by atoms with E-state index in [0.29, 0.717) is 0 Å². The van der Waals surface area contributed by atoms with E-state index in [4.69, 9.17) is 5.14 Å². The molecule has 1 unspecified atom stereocenters. The van der Waals surface area contributed by atoms with E-state index in [1.165, 1.54) is 24.3 Å². The maximum atomic E-state index is 12.8. The van der Waals surface area contributed by atoms with Crippen LogP contribution in [0, 0.1) is 0 Å². The van der Waals surface area contributed by atoms with Gasteiger partial charge in [-0.25, -0.2) is 17.9 Å². The molecule has 0 aliphatic heterocycles. The van der Waals surface area contributed by atoms with Crippen LogP contribution in [-0.4, -0.2) is 21.1 Å². The highest BCUT2D eigenvalue weighted by Gasteiger charge is 2.22. The predicted octanol–water partition coefficient (Wildman–Crippen LogP) is 0.908. The zero-order valence-corrected chi connectivity index (χ0v) is 9.91. The smallest absolute Gasteiger partial charge is 0.303 e. The zero-order chi connectivity index (χ0) is 13.1. The van der Waals surface area contributed by atoms with E-state index in [1.807, 2.05) is 0 Å². The van der Waals surface area contributed by atoms with Gasteiger partial charge in [0.1, 0.15) is 6.67 Å². The van der Waals surface area contributed by atoms with E-state index < -0.39 is 28.8 Å². The largest absolute Gasteiger partial charge is 0.455 e. The second-order valence-corrected chi connectivity index (χ2v) is 4.87. The molecule has 0 amide bonds. The second-order valence-electron chi connectivity index (χ2n) is 3.34. The van der Waals surface area contributed by atoms with E-state index in [2.05, 4.69) is 4.74 Å². The second kappa shape index (κ2) is 5.24. The number of hydrogen-bond acceptors (Lipinski definition) is 4. The van der Waals surface area contributed by atoms with Crippen LogP contribution in [0.25, 0.3) is 0 Å². The predicted molar refractivity (Wildman–Crippen MR) is 58.3 cm³/mol. The molecule has 1 aromatic rings. The molecule has 0 saturated heterocycles. The molecule has 5 nitrogen and oxygen atoms in total. The van der Waals surface area contributed by atoms with Gasteiger partial charge in [-0.1, -0.05) is 18.2 Å². The molecule has 2 N–H and O–H groups in total. The highest BCUT2D eigenvalue weighted by atomic mass is 32.2. The lowest BCUT2D eigenvalue weighted by molar-refractivity contribution is -0.147. The number of esters is 1. The third-order valence-corrected chi connectivity index (χ3v) is 3.01. The lowest BCUT2D eigenvalue weighted by Gasteiger charge is -2.16. The summed E-state index contributed by atoms with van der Waals surface area (Å²) in [5.74, 6) is -0.697. The summed E-state index contributed by atoms with van der Waals surface area (Å²) in [6, 6.07) is 5.55. The van der Waals surface area contributed by atoms with Crippen LogP contribution < -0.4 is 5.14 Å². The van der Waals surface area contributed by atoms with Crippen molar-refractivity contribution in [1.82, 2.24) is 0 Å². The number of alkyl halides is 1. The average molecular weight is 261 g/mol. The van der Waals surface area contributed by atoms with E-state index in [0.717, 1.165) is 6.92 Å². The number of hydrogen-bond donors (Lipinski definition) is 1. The standard InChI is InChI=1S/C10H12FNO4S/c1-7(13)16-9(6-11)8-4-2-3-5-10(8)17(12,14)15/h2-5,9H,6H2,1H3,(H2,12,14,15). The molecule has 0 bridgehead atoms. The van der Waals surface area contributed by atoms with Gasteiger partial charge >= 0.3 is 5.97 Å². The Balaban J connectivity index is 3.24. The molecule has 1 aromatic carbocycles. The van der Waals surface area contributed by atoms with Gasteiger partial charge in [-0.3, -0.25) is 4.79 Å². The number of carbonyl (C=O) groups excluding carboxylic acids is 1. The first-order valence-corrected chi connectivity index (χ1v) is 6.25. The quantitative estimate of drug-likeness (QED) is 0.816. The number of primary sulfonamides is 1. The summed E-state index contributed by atoms with van der Waals surface area (Å²) < 4.78 is 40.0. The first-order chi connectivity index (χ1) is 7.86. The summed E-state index contributed by atoms with van der Waals surface area (Å²) in [5, 5.41) is 4.99. The molecule has 7 heteroatoms. The van der Waals surface area contributed by atoms with Crippen molar-refractivity contribution in [2.45, 2.75) is 17.9 Å². The minimum absolute atomic E-state index is 0.0349. The van der Waals surface area contributed by atoms with Crippen molar-refractivity contribution in [2.75, 3.05) is 6.67 Å². The van der Waals surface area contributed by atoms with Gasteiger partial charge in [0.15, 0.2) is 6.10 Å². The van der Waals surface area contributed by atoms with Crippen LogP contribution >= 0.6 is 0 Å². The lowest BCUT2D eigenvalue weighted by atomic mass is 10.1. The van der Waals surface area contributed by atoms with E-state index >= 15 is 0 Å². The van der Waals surface area contributed by atoms with Crippen molar-refractivity contribution in [3.8, 4) is 0 Å². The van der Waals surface area contributed by atoms with Crippen LogP contribution in [0.3, 0.4) is 0 Å². The molecule has 17 heavy (non-hydrogen) atoms. The number of halogens is 1. The van der Waals surface area contributed by atoms with Crippen molar-refractivity contribution in [3.63, 3.8) is 0 Å². The van der Waals surface area contributed by atoms with Gasteiger partial charge in [-0.2, -0.15) is 0 Å². The fourth-order valence-corrected chi connectivity index (χ4v) is 2.18. The Bertz CT molecular complexity index is 515. The van der Waals surface area contributed by atoms with Gasteiger partial charge in [-0.15, -0.1) is 0 Å². The van der Waals surface area contributed by atoms with Crippen LogP contribution in [0.4, 0.5) is 4.39 Å². The third-order valence-electron chi connectivity index (χ3n) is 2.02. The zero-order valence-electron chi connectivity index (χ0n) is 9.09. The fraction of sp³-hybridized carbons (Fsp3) is 0.300. The molecular weight excluding hydrogens is 249 g/mol. The maximum absolute atomic E-state index is 12.8. The molecule has 94 valence electrons. The Morgan fingerprint density at radius 3 is 2.53 bits per heavy atom. The Hall–Kier alpha value is -1.47. The Labute approximate surface area is 98.4 Å². The van der Waals surface area contributed by atoms with Crippen LogP contribution in [0.1, 0.15) is 18.6 Å². The Morgan fingerprint density at radius 2 is 2.06 bits per heavy atom. The SMILES string of the molecule is CC(=O)OC(CF)c1ccccc1S(N)(=O)=O. The first kappa shape index (κ1) is 13.6. The van der Waals surface area contributed by atoms with Crippen molar-refractivity contribution in [3.05, 3.63) is 29.8 Å². The molecule has 0 aliphatic carbocycles. The number of sulfonamides is 1. The summed E-state index contributed by atoms with van der Waals surface area (Å²) in [6.07, 6.45) is -1.26. The van der Waals surface area contributed by atoms with Crippen molar-refractivity contribution >= 4 is 16.0 Å². The normalized spacial score (nSPS) is 13.1. The molecule has 1 atom stereocenters. The molecule has 0 aliphatic rings. The summed E-state index contributed by atoms with van der Waals surface area (Å²) in [7, 11) is -3.98. The minimum atomic E-state index is -3.98. The molecule has 0 aromatic heterocycles. The summed E-state index contributed by atoms with van der Waals surface area (Å²) in [6.45, 7) is 0.0916. The number of ether oxygens (including phenoxy) is 1.